The zero-order valence-electron chi connectivity index (χ0n) is 10.2. The summed E-state index contributed by atoms with van der Waals surface area (Å²) in [6.45, 7) is 1.94. The standard InChI is InChI=1S/C14H17NO2S/c1-10(15)14(13-6-3-7-18-13)17-12-5-2-4-11(8-12)9-16/h2-8,10,14,16H,9,15H2,1H3. The molecule has 0 radical (unpaired) electrons. The first-order chi connectivity index (χ1) is 8.70. The lowest BCUT2D eigenvalue weighted by atomic mass is 10.1. The maximum Gasteiger partial charge on any atom is 0.148 e. The first-order valence-electron chi connectivity index (χ1n) is 5.86. The van der Waals surface area contributed by atoms with Crippen molar-refractivity contribution in [3.05, 3.63) is 52.2 Å². The summed E-state index contributed by atoms with van der Waals surface area (Å²) >= 11 is 1.63. The van der Waals surface area contributed by atoms with Gasteiger partial charge in [-0.05, 0) is 36.1 Å². The topological polar surface area (TPSA) is 55.5 Å². The Morgan fingerprint density at radius 3 is 2.78 bits per heavy atom. The number of thiophene rings is 1. The van der Waals surface area contributed by atoms with Crippen LogP contribution >= 0.6 is 11.3 Å². The molecule has 18 heavy (non-hydrogen) atoms. The summed E-state index contributed by atoms with van der Waals surface area (Å²) in [4.78, 5) is 1.11. The van der Waals surface area contributed by atoms with Crippen molar-refractivity contribution in [1.29, 1.82) is 0 Å². The highest BCUT2D eigenvalue weighted by atomic mass is 32.1. The molecule has 3 nitrogen and oxygen atoms in total. The fourth-order valence-electron chi connectivity index (χ4n) is 1.74. The van der Waals surface area contributed by atoms with Crippen LogP contribution in [0.25, 0.3) is 0 Å². The van der Waals surface area contributed by atoms with Gasteiger partial charge < -0.3 is 15.6 Å². The molecule has 4 heteroatoms. The molecule has 0 aliphatic carbocycles. The van der Waals surface area contributed by atoms with Crippen molar-refractivity contribution in [2.75, 3.05) is 0 Å². The Hall–Kier alpha value is -1.36. The number of aliphatic hydroxyl groups excluding tert-OH is 1. The number of benzene rings is 1. The summed E-state index contributed by atoms with van der Waals surface area (Å²) < 4.78 is 5.94. The van der Waals surface area contributed by atoms with Crippen LogP contribution in [-0.4, -0.2) is 11.1 Å². The number of hydrogen-bond donors (Lipinski definition) is 2. The molecule has 2 aromatic rings. The number of ether oxygens (including phenoxy) is 1. The zero-order valence-corrected chi connectivity index (χ0v) is 11.1. The molecular weight excluding hydrogens is 246 g/mol. The average Bonchev–Trinajstić information content (AvgIpc) is 2.89. The van der Waals surface area contributed by atoms with Crippen LogP contribution in [-0.2, 0) is 6.61 Å². The highest BCUT2D eigenvalue weighted by molar-refractivity contribution is 7.10. The third-order valence-electron chi connectivity index (χ3n) is 2.65. The molecule has 2 atom stereocenters. The van der Waals surface area contributed by atoms with Crippen molar-refractivity contribution in [2.45, 2.75) is 25.7 Å². The Bertz CT molecular complexity index is 482. The zero-order chi connectivity index (χ0) is 13.0. The number of nitrogens with two attached hydrogens (primary N) is 1. The molecule has 0 aliphatic rings. The molecule has 0 bridgehead atoms. The van der Waals surface area contributed by atoms with Crippen LogP contribution in [0.1, 0.15) is 23.5 Å². The molecule has 2 unspecified atom stereocenters. The molecule has 1 aromatic carbocycles. The Balaban J connectivity index is 2.18. The monoisotopic (exact) mass is 263 g/mol. The fraction of sp³-hybridized carbons (Fsp3) is 0.286. The average molecular weight is 263 g/mol. The fourth-order valence-corrected chi connectivity index (χ4v) is 2.61. The van der Waals surface area contributed by atoms with E-state index in [2.05, 4.69) is 0 Å². The maximum absolute atomic E-state index is 9.11. The first kappa shape index (κ1) is 13.1. The molecule has 0 fully saturated rings. The highest BCUT2D eigenvalue weighted by Crippen LogP contribution is 2.27. The van der Waals surface area contributed by atoms with Crippen molar-refractivity contribution in [2.24, 2.45) is 5.73 Å². The van der Waals surface area contributed by atoms with Crippen molar-refractivity contribution < 1.29 is 9.84 Å². The molecule has 0 saturated heterocycles. The summed E-state index contributed by atoms with van der Waals surface area (Å²) in [5.74, 6) is 0.734. The van der Waals surface area contributed by atoms with E-state index in [4.69, 9.17) is 15.6 Å². The molecule has 3 N–H and O–H groups in total. The van der Waals surface area contributed by atoms with E-state index in [-0.39, 0.29) is 18.8 Å². The van der Waals surface area contributed by atoms with Crippen molar-refractivity contribution in [3.63, 3.8) is 0 Å². The molecule has 2 rings (SSSR count). The number of hydrogen-bond acceptors (Lipinski definition) is 4. The SMILES string of the molecule is CC(N)C(Oc1cccc(CO)c1)c1cccs1. The van der Waals surface area contributed by atoms with Crippen LogP contribution in [0.5, 0.6) is 5.75 Å². The quantitative estimate of drug-likeness (QED) is 0.872. The van der Waals surface area contributed by atoms with E-state index < -0.39 is 0 Å². The molecule has 96 valence electrons. The minimum atomic E-state index is -0.154. The van der Waals surface area contributed by atoms with E-state index in [0.29, 0.717) is 0 Å². The van der Waals surface area contributed by atoms with Crippen LogP contribution in [0.4, 0.5) is 0 Å². The van der Waals surface area contributed by atoms with Gasteiger partial charge in [0.15, 0.2) is 0 Å². The summed E-state index contributed by atoms with van der Waals surface area (Å²) in [6.07, 6.45) is -0.154. The minimum Gasteiger partial charge on any atom is -0.483 e. The molecule has 0 amide bonds. The van der Waals surface area contributed by atoms with Crippen molar-refractivity contribution >= 4 is 11.3 Å². The van der Waals surface area contributed by atoms with E-state index in [1.165, 1.54) is 0 Å². The van der Waals surface area contributed by atoms with Gasteiger partial charge in [0.1, 0.15) is 11.9 Å². The van der Waals surface area contributed by atoms with Crippen molar-refractivity contribution in [1.82, 2.24) is 0 Å². The molecule has 0 saturated carbocycles. The van der Waals surface area contributed by atoms with Gasteiger partial charge in [-0.1, -0.05) is 18.2 Å². The number of rotatable bonds is 5. The van der Waals surface area contributed by atoms with E-state index in [9.17, 15) is 0 Å². The molecule has 1 heterocycles. The lowest BCUT2D eigenvalue weighted by Crippen LogP contribution is -2.28. The summed E-state index contributed by atoms with van der Waals surface area (Å²) in [5, 5.41) is 11.1. The first-order valence-corrected chi connectivity index (χ1v) is 6.74. The van der Waals surface area contributed by atoms with E-state index in [0.717, 1.165) is 16.2 Å². The van der Waals surface area contributed by atoms with Gasteiger partial charge in [-0.15, -0.1) is 11.3 Å². The van der Waals surface area contributed by atoms with Gasteiger partial charge in [-0.25, -0.2) is 0 Å². The van der Waals surface area contributed by atoms with E-state index >= 15 is 0 Å². The summed E-state index contributed by atoms with van der Waals surface area (Å²) in [7, 11) is 0. The van der Waals surface area contributed by atoms with Gasteiger partial charge in [0, 0.05) is 10.9 Å². The molecular formula is C14H17NO2S. The van der Waals surface area contributed by atoms with E-state index in [1.54, 1.807) is 11.3 Å². The number of aliphatic hydroxyl groups is 1. The van der Waals surface area contributed by atoms with Gasteiger partial charge in [0.25, 0.3) is 0 Å². The molecule has 1 aromatic heterocycles. The normalized spacial score (nSPS) is 14.2. The van der Waals surface area contributed by atoms with Gasteiger partial charge in [0.2, 0.25) is 0 Å². The van der Waals surface area contributed by atoms with Crippen molar-refractivity contribution in [3.8, 4) is 5.75 Å². The smallest absolute Gasteiger partial charge is 0.148 e. The Kier molecular flexibility index (Phi) is 4.36. The summed E-state index contributed by atoms with van der Waals surface area (Å²) in [5.41, 5.74) is 6.81. The maximum atomic E-state index is 9.11. The Morgan fingerprint density at radius 1 is 1.33 bits per heavy atom. The Morgan fingerprint density at radius 2 is 2.17 bits per heavy atom. The largest absolute Gasteiger partial charge is 0.483 e. The lowest BCUT2D eigenvalue weighted by molar-refractivity contribution is 0.183. The van der Waals surface area contributed by atoms with Crippen LogP contribution in [0.15, 0.2) is 41.8 Å². The summed E-state index contributed by atoms with van der Waals surface area (Å²) in [6, 6.07) is 11.4. The van der Waals surface area contributed by atoms with Crippen LogP contribution < -0.4 is 10.5 Å². The predicted octanol–water partition coefficient (Wildman–Crippen LogP) is 2.71. The van der Waals surface area contributed by atoms with Gasteiger partial charge in [-0.3, -0.25) is 0 Å². The van der Waals surface area contributed by atoms with Crippen LogP contribution in [0.3, 0.4) is 0 Å². The minimum absolute atomic E-state index is 0.0129. The van der Waals surface area contributed by atoms with Crippen LogP contribution in [0, 0.1) is 0 Å². The second kappa shape index (κ2) is 6.00. The van der Waals surface area contributed by atoms with Crippen LogP contribution in [0.2, 0.25) is 0 Å². The van der Waals surface area contributed by atoms with Gasteiger partial charge >= 0.3 is 0 Å². The highest BCUT2D eigenvalue weighted by Gasteiger charge is 2.19. The van der Waals surface area contributed by atoms with Gasteiger partial charge in [-0.2, -0.15) is 0 Å². The molecule has 0 spiro atoms. The Labute approximate surface area is 111 Å². The van der Waals surface area contributed by atoms with E-state index in [1.807, 2.05) is 48.7 Å². The lowest BCUT2D eigenvalue weighted by Gasteiger charge is -2.21. The second-order valence-corrected chi connectivity index (χ2v) is 5.20. The van der Waals surface area contributed by atoms with Gasteiger partial charge in [0.05, 0.1) is 6.61 Å². The third kappa shape index (κ3) is 3.10. The molecule has 0 aliphatic heterocycles. The third-order valence-corrected chi connectivity index (χ3v) is 3.58. The second-order valence-electron chi connectivity index (χ2n) is 4.22. The predicted molar refractivity (Wildman–Crippen MR) is 73.7 cm³/mol.